The second-order valence-electron chi connectivity index (χ2n) is 5.72. The van der Waals surface area contributed by atoms with Crippen LogP contribution in [-0.2, 0) is 11.3 Å². The lowest BCUT2D eigenvalue weighted by Gasteiger charge is -2.23. The van der Waals surface area contributed by atoms with E-state index in [1.54, 1.807) is 6.07 Å². The summed E-state index contributed by atoms with van der Waals surface area (Å²) >= 11 is 0. The van der Waals surface area contributed by atoms with Gasteiger partial charge in [-0.3, -0.25) is 0 Å². The summed E-state index contributed by atoms with van der Waals surface area (Å²) in [5.41, 5.74) is 2.42. The fraction of sp³-hybridized carbons (Fsp3) is 0.467. The van der Waals surface area contributed by atoms with Crippen LogP contribution in [0.3, 0.4) is 0 Å². The maximum atomic E-state index is 13.4. The van der Waals surface area contributed by atoms with E-state index in [4.69, 9.17) is 0 Å². The molecule has 0 saturated carbocycles. The normalized spacial score (nSPS) is 12.6. The number of allylic oxidation sites excluding steroid dienone is 1. The molecule has 1 aromatic carbocycles. The summed E-state index contributed by atoms with van der Waals surface area (Å²) in [4.78, 5) is 0. The minimum Gasteiger partial charge on any atom is -0.202 e. The van der Waals surface area contributed by atoms with Gasteiger partial charge in [0.05, 0.1) is 0 Å². The Hall–Kier alpha value is -1.18. The van der Waals surface area contributed by atoms with Gasteiger partial charge < -0.3 is 0 Å². The van der Waals surface area contributed by atoms with Crippen molar-refractivity contribution in [1.29, 1.82) is 0 Å². The lowest BCUT2D eigenvalue weighted by Crippen LogP contribution is -2.15. The monoisotopic (exact) mass is 238 g/mol. The molecule has 0 fully saturated rings. The van der Waals surface area contributed by atoms with Gasteiger partial charge in [-0.1, -0.05) is 39.0 Å². The maximum absolute atomic E-state index is 13.4. The maximum Gasteiger partial charge on any atom is 0.270 e. The first-order valence-electron chi connectivity index (χ1n) is 5.71. The van der Waals surface area contributed by atoms with Crippen molar-refractivity contribution in [3.05, 3.63) is 41.5 Å². The predicted molar refractivity (Wildman–Crippen MR) is 69.4 cm³/mol. The summed E-state index contributed by atoms with van der Waals surface area (Å²) in [7, 11) is 0. The largest absolute Gasteiger partial charge is 0.270 e. The van der Waals surface area contributed by atoms with Crippen LogP contribution in [-0.4, -0.2) is 0 Å². The zero-order chi connectivity index (χ0) is 13.4. The minimum atomic E-state index is -2.81. The third-order valence-electron chi connectivity index (χ3n) is 2.80. The highest BCUT2D eigenvalue weighted by Crippen LogP contribution is 2.33. The molecule has 0 N–H and O–H groups in total. The number of hydrogen-bond acceptors (Lipinski definition) is 0. The number of halogens is 2. The van der Waals surface area contributed by atoms with E-state index in [2.05, 4.69) is 6.58 Å². The number of rotatable bonds is 2. The van der Waals surface area contributed by atoms with E-state index in [1.165, 1.54) is 6.07 Å². The van der Waals surface area contributed by atoms with Gasteiger partial charge in [0.15, 0.2) is 0 Å². The standard InChI is InChI=1S/C15H20F2/c1-10(2)11-7-12(14(3,4)5)9-13(8-11)15(6,16)17/h7-9H,1H2,2-6H3. The van der Waals surface area contributed by atoms with Gasteiger partial charge in [-0.05, 0) is 35.6 Å². The van der Waals surface area contributed by atoms with Crippen molar-refractivity contribution in [2.45, 2.75) is 46.0 Å². The lowest BCUT2D eigenvalue weighted by molar-refractivity contribution is 0.0173. The van der Waals surface area contributed by atoms with E-state index in [-0.39, 0.29) is 11.0 Å². The molecule has 0 bridgehead atoms. The molecule has 94 valence electrons. The van der Waals surface area contributed by atoms with Crippen LogP contribution in [0.15, 0.2) is 24.8 Å². The van der Waals surface area contributed by atoms with Crippen LogP contribution >= 0.6 is 0 Å². The van der Waals surface area contributed by atoms with Gasteiger partial charge in [-0.25, -0.2) is 8.78 Å². The summed E-state index contributed by atoms with van der Waals surface area (Å²) in [6.45, 7) is 12.6. The van der Waals surface area contributed by atoms with Gasteiger partial charge in [0.25, 0.3) is 5.92 Å². The van der Waals surface area contributed by atoms with Crippen molar-refractivity contribution < 1.29 is 8.78 Å². The Kier molecular flexibility index (Phi) is 3.47. The third kappa shape index (κ3) is 3.39. The fourth-order valence-corrected chi connectivity index (χ4v) is 1.56. The summed E-state index contributed by atoms with van der Waals surface area (Å²) in [6, 6.07) is 5.06. The van der Waals surface area contributed by atoms with E-state index in [1.807, 2.05) is 33.8 Å². The van der Waals surface area contributed by atoms with Crippen molar-refractivity contribution in [2.24, 2.45) is 0 Å². The van der Waals surface area contributed by atoms with Gasteiger partial charge in [-0.15, -0.1) is 0 Å². The molecule has 0 radical (unpaired) electrons. The molecular weight excluding hydrogens is 218 g/mol. The van der Waals surface area contributed by atoms with E-state index in [9.17, 15) is 8.78 Å². The van der Waals surface area contributed by atoms with E-state index in [0.29, 0.717) is 0 Å². The highest BCUT2D eigenvalue weighted by atomic mass is 19.3. The summed E-state index contributed by atoms with van der Waals surface area (Å²) < 4.78 is 26.9. The summed E-state index contributed by atoms with van der Waals surface area (Å²) in [5, 5.41) is 0. The Labute approximate surface area is 102 Å². The summed E-state index contributed by atoms with van der Waals surface area (Å²) in [5.74, 6) is -2.81. The molecule has 0 spiro atoms. The molecule has 1 rings (SSSR count). The minimum absolute atomic E-state index is 0.0583. The molecule has 0 aliphatic heterocycles. The second-order valence-corrected chi connectivity index (χ2v) is 5.72. The zero-order valence-electron chi connectivity index (χ0n) is 11.2. The molecular formula is C15H20F2. The molecule has 2 heteroatoms. The molecule has 0 aromatic heterocycles. The first kappa shape index (κ1) is 13.9. The molecule has 0 unspecified atom stereocenters. The van der Waals surface area contributed by atoms with Crippen LogP contribution in [0, 0.1) is 0 Å². The molecule has 0 atom stereocenters. The van der Waals surface area contributed by atoms with Gasteiger partial charge in [0, 0.05) is 12.5 Å². The Morgan fingerprint density at radius 3 is 1.82 bits per heavy atom. The van der Waals surface area contributed by atoms with E-state index < -0.39 is 5.92 Å². The third-order valence-corrected chi connectivity index (χ3v) is 2.80. The van der Waals surface area contributed by atoms with Crippen LogP contribution in [0.1, 0.15) is 51.3 Å². The lowest BCUT2D eigenvalue weighted by atomic mass is 9.83. The van der Waals surface area contributed by atoms with Gasteiger partial charge >= 0.3 is 0 Å². The summed E-state index contributed by atoms with van der Waals surface area (Å²) in [6.07, 6.45) is 0. The van der Waals surface area contributed by atoms with Gasteiger partial charge in [-0.2, -0.15) is 0 Å². The molecule has 1 aromatic rings. The van der Waals surface area contributed by atoms with Crippen LogP contribution in [0.25, 0.3) is 5.57 Å². The topological polar surface area (TPSA) is 0 Å². The molecule has 0 heterocycles. The number of alkyl halides is 2. The quantitative estimate of drug-likeness (QED) is 0.670. The molecule has 0 amide bonds. The fourth-order valence-electron chi connectivity index (χ4n) is 1.56. The first-order chi connectivity index (χ1) is 7.51. The van der Waals surface area contributed by atoms with Crippen molar-refractivity contribution in [1.82, 2.24) is 0 Å². The average molecular weight is 238 g/mol. The van der Waals surface area contributed by atoms with Gasteiger partial charge in [0.2, 0.25) is 0 Å². The molecule has 0 aliphatic rings. The molecule has 0 saturated heterocycles. The molecule has 0 nitrogen and oxygen atoms in total. The Bertz CT molecular complexity index is 399. The van der Waals surface area contributed by atoms with Gasteiger partial charge in [0.1, 0.15) is 0 Å². The van der Waals surface area contributed by atoms with Crippen molar-refractivity contribution >= 4 is 5.57 Å². The smallest absolute Gasteiger partial charge is 0.202 e. The highest BCUT2D eigenvalue weighted by Gasteiger charge is 2.27. The van der Waals surface area contributed by atoms with Crippen LogP contribution in [0.5, 0.6) is 0 Å². The molecule has 0 aliphatic carbocycles. The Morgan fingerprint density at radius 2 is 1.47 bits per heavy atom. The zero-order valence-corrected chi connectivity index (χ0v) is 11.2. The van der Waals surface area contributed by atoms with E-state index in [0.717, 1.165) is 23.6 Å². The second kappa shape index (κ2) is 4.25. The van der Waals surface area contributed by atoms with Crippen LogP contribution < -0.4 is 0 Å². The highest BCUT2D eigenvalue weighted by molar-refractivity contribution is 5.63. The van der Waals surface area contributed by atoms with Crippen molar-refractivity contribution in [3.63, 3.8) is 0 Å². The first-order valence-corrected chi connectivity index (χ1v) is 5.71. The van der Waals surface area contributed by atoms with Crippen LogP contribution in [0.2, 0.25) is 0 Å². The SMILES string of the molecule is C=C(C)c1cc(C(C)(C)C)cc(C(C)(F)F)c1. The van der Waals surface area contributed by atoms with Crippen LogP contribution in [0.4, 0.5) is 8.78 Å². The van der Waals surface area contributed by atoms with Crippen molar-refractivity contribution in [2.75, 3.05) is 0 Å². The Balaban J connectivity index is 3.45. The number of benzene rings is 1. The Morgan fingerprint density at radius 1 is 1.00 bits per heavy atom. The number of hydrogen-bond donors (Lipinski definition) is 0. The van der Waals surface area contributed by atoms with E-state index >= 15 is 0 Å². The predicted octanol–water partition coefficient (Wildman–Crippen LogP) is 5.13. The molecule has 17 heavy (non-hydrogen) atoms. The average Bonchev–Trinajstić information content (AvgIpc) is 2.14. The van der Waals surface area contributed by atoms with Crippen molar-refractivity contribution in [3.8, 4) is 0 Å².